The highest BCUT2D eigenvalue weighted by Crippen LogP contribution is 2.30. The van der Waals surface area contributed by atoms with Crippen molar-refractivity contribution in [1.29, 1.82) is 0 Å². The van der Waals surface area contributed by atoms with E-state index in [1.165, 1.54) is 30.3 Å². The number of carbonyl (C=O) groups excluding carboxylic acids is 1. The number of hydrogen-bond donors (Lipinski definition) is 0. The van der Waals surface area contributed by atoms with Gasteiger partial charge in [-0.3, -0.25) is 10.1 Å². The monoisotopic (exact) mass is 345 g/mol. The number of carbonyl (C=O) groups is 1. The highest BCUT2D eigenvalue weighted by Gasteiger charge is 2.23. The van der Waals surface area contributed by atoms with E-state index in [0.717, 1.165) is 6.07 Å². The standard InChI is InChI=1S/C13H6Cl3NO4/c14-7-2-4-12(10(16)5-7)21-13(18)9-3-1-8(15)6-11(9)17(19)20/h1-6H. The first-order chi connectivity index (χ1) is 9.88. The Hall–Kier alpha value is -1.82. The minimum Gasteiger partial charge on any atom is -0.421 e. The van der Waals surface area contributed by atoms with Crippen LogP contribution >= 0.6 is 34.8 Å². The Balaban J connectivity index is 2.34. The van der Waals surface area contributed by atoms with Crippen molar-refractivity contribution in [2.75, 3.05) is 0 Å². The van der Waals surface area contributed by atoms with Crippen molar-refractivity contribution >= 4 is 46.5 Å². The summed E-state index contributed by atoms with van der Waals surface area (Å²) in [5.41, 5.74) is -0.673. The van der Waals surface area contributed by atoms with Crippen LogP contribution in [0.2, 0.25) is 15.1 Å². The Morgan fingerprint density at radius 1 is 1.05 bits per heavy atom. The minimum atomic E-state index is -0.914. The van der Waals surface area contributed by atoms with Crippen LogP contribution in [0.3, 0.4) is 0 Å². The number of esters is 1. The number of hydrogen-bond acceptors (Lipinski definition) is 4. The smallest absolute Gasteiger partial charge is 0.350 e. The van der Waals surface area contributed by atoms with Crippen LogP contribution in [-0.2, 0) is 0 Å². The van der Waals surface area contributed by atoms with Gasteiger partial charge in [0, 0.05) is 16.1 Å². The van der Waals surface area contributed by atoms with Crippen molar-refractivity contribution in [3.8, 4) is 5.75 Å². The first-order valence-corrected chi connectivity index (χ1v) is 6.63. The normalized spacial score (nSPS) is 10.2. The van der Waals surface area contributed by atoms with Crippen LogP contribution in [0.4, 0.5) is 5.69 Å². The topological polar surface area (TPSA) is 69.4 Å². The molecule has 0 aliphatic carbocycles. The van der Waals surface area contributed by atoms with Gasteiger partial charge in [-0.15, -0.1) is 0 Å². The average molecular weight is 347 g/mol. The van der Waals surface area contributed by atoms with Crippen LogP contribution in [0.1, 0.15) is 10.4 Å². The maximum atomic E-state index is 12.0. The van der Waals surface area contributed by atoms with E-state index >= 15 is 0 Å². The zero-order chi connectivity index (χ0) is 15.6. The van der Waals surface area contributed by atoms with Crippen LogP contribution in [0.5, 0.6) is 5.75 Å². The van der Waals surface area contributed by atoms with Crippen molar-refractivity contribution in [2.45, 2.75) is 0 Å². The molecule has 0 spiro atoms. The first-order valence-electron chi connectivity index (χ1n) is 5.49. The number of halogens is 3. The summed E-state index contributed by atoms with van der Waals surface area (Å²) in [6, 6.07) is 7.90. The number of ether oxygens (including phenoxy) is 1. The fourth-order valence-corrected chi connectivity index (χ4v) is 2.15. The van der Waals surface area contributed by atoms with E-state index in [1.807, 2.05) is 0 Å². The molecule has 2 rings (SSSR count). The minimum absolute atomic E-state index is 0.0512. The molecule has 0 atom stereocenters. The molecule has 0 aromatic heterocycles. The third kappa shape index (κ3) is 3.64. The Morgan fingerprint density at radius 3 is 2.29 bits per heavy atom. The lowest BCUT2D eigenvalue weighted by molar-refractivity contribution is -0.385. The van der Waals surface area contributed by atoms with Gasteiger partial charge >= 0.3 is 5.97 Å². The third-order valence-corrected chi connectivity index (χ3v) is 3.24. The molecule has 0 heterocycles. The predicted octanol–water partition coefficient (Wildman–Crippen LogP) is 4.77. The third-order valence-electron chi connectivity index (χ3n) is 2.47. The summed E-state index contributed by atoms with van der Waals surface area (Å²) in [5.74, 6) is -0.863. The van der Waals surface area contributed by atoms with Crippen LogP contribution < -0.4 is 4.74 Å². The molecule has 0 saturated heterocycles. The van der Waals surface area contributed by atoms with E-state index in [2.05, 4.69) is 0 Å². The molecule has 0 fully saturated rings. The molecular formula is C13H6Cl3NO4. The van der Waals surface area contributed by atoms with Gasteiger partial charge < -0.3 is 4.74 Å². The number of nitrogens with zero attached hydrogens (tertiary/aromatic N) is 1. The Kier molecular flexibility index (Phi) is 4.67. The fraction of sp³-hybridized carbons (Fsp3) is 0. The largest absolute Gasteiger partial charge is 0.421 e. The summed E-state index contributed by atoms with van der Waals surface area (Å²) < 4.78 is 5.04. The predicted molar refractivity (Wildman–Crippen MR) is 79.5 cm³/mol. The Bertz CT molecular complexity index is 733. The number of rotatable bonds is 3. The zero-order valence-electron chi connectivity index (χ0n) is 10.2. The molecule has 5 nitrogen and oxygen atoms in total. The Morgan fingerprint density at radius 2 is 1.67 bits per heavy atom. The maximum Gasteiger partial charge on any atom is 0.350 e. The quantitative estimate of drug-likeness (QED) is 0.347. The summed E-state index contributed by atoms with van der Waals surface area (Å²) in [4.78, 5) is 22.2. The molecule has 0 bridgehead atoms. The molecule has 21 heavy (non-hydrogen) atoms. The summed E-state index contributed by atoms with van der Waals surface area (Å²) in [6.45, 7) is 0. The van der Waals surface area contributed by atoms with Gasteiger partial charge in [0.25, 0.3) is 5.69 Å². The van der Waals surface area contributed by atoms with E-state index in [-0.39, 0.29) is 21.4 Å². The van der Waals surface area contributed by atoms with Gasteiger partial charge in [-0.1, -0.05) is 34.8 Å². The molecule has 2 aromatic carbocycles. The van der Waals surface area contributed by atoms with Gasteiger partial charge in [0.15, 0.2) is 0 Å². The number of nitro groups is 1. The first kappa shape index (κ1) is 15.6. The highest BCUT2D eigenvalue weighted by molar-refractivity contribution is 6.35. The second-order valence-corrected chi connectivity index (χ2v) is 5.16. The van der Waals surface area contributed by atoms with E-state index < -0.39 is 16.6 Å². The van der Waals surface area contributed by atoms with Gasteiger partial charge in [-0.05, 0) is 30.3 Å². The summed E-state index contributed by atoms with van der Waals surface area (Å²) in [5, 5.41) is 11.6. The molecule has 0 radical (unpaired) electrons. The fourth-order valence-electron chi connectivity index (χ4n) is 1.54. The van der Waals surface area contributed by atoms with Crippen molar-refractivity contribution < 1.29 is 14.5 Å². The molecule has 0 amide bonds. The zero-order valence-corrected chi connectivity index (χ0v) is 12.4. The van der Waals surface area contributed by atoms with Crippen molar-refractivity contribution in [3.63, 3.8) is 0 Å². The molecule has 2 aromatic rings. The second kappa shape index (κ2) is 6.30. The van der Waals surface area contributed by atoms with Crippen molar-refractivity contribution in [3.05, 3.63) is 67.1 Å². The van der Waals surface area contributed by atoms with Gasteiger partial charge in [0.1, 0.15) is 11.3 Å². The van der Waals surface area contributed by atoms with Gasteiger partial charge in [0.2, 0.25) is 0 Å². The van der Waals surface area contributed by atoms with E-state index in [9.17, 15) is 14.9 Å². The van der Waals surface area contributed by atoms with Crippen LogP contribution in [0.25, 0.3) is 0 Å². The van der Waals surface area contributed by atoms with Gasteiger partial charge in [0.05, 0.1) is 9.95 Å². The van der Waals surface area contributed by atoms with Crippen LogP contribution in [-0.4, -0.2) is 10.9 Å². The lowest BCUT2D eigenvalue weighted by Gasteiger charge is -2.07. The maximum absolute atomic E-state index is 12.0. The summed E-state index contributed by atoms with van der Waals surface area (Å²) in [7, 11) is 0. The van der Waals surface area contributed by atoms with Crippen molar-refractivity contribution in [1.82, 2.24) is 0 Å². The Labute approximate surface area is 134 Å². The van der Waals surface area contributed by atoms with Crippen LogP contribution in [0, 0.1) is 10.1 Å². The van der Waals surface area contributed by atoms with E-state index in [0.29, 0.717) is 5.02 Å². The second-order valence-electron chi connectivity index (χ2n) is 3.88. The van der Waals surface area contributed by atoms with Gasteiger partial charge in [-0.25, -0.2) is 4.79 Å². The lowest BCUT2D eigenvalue weighted by Crippen LogP contribution is -2.11. The number of benzene rings is 2. The molecule has 0 aliphatic rings. The van der Waals surface area contributed by atoms with Crippen molar-refractivity contribution in [2.24, 2.45) is 0 Å². The molecule has 108 valence electrons. The van der Waals surface area contributed by atoms with E-state index in [4.69, 9.17) is 39.5 Å². The molecule has 8 heteroatoms. The summed E-state index contributed by atoms with van der Waals surface area (Å²) in [6.07, 6.45) is 0. The summed E-state index contributed by atoms with van der Waals surface area (Å²) >= 11 is 17.3. The van der Waals surface area contributed by atoms with E-state index in [1.54, 1.807) is 0 Å². The molecular weight excluding hydrogens is 341 g/mol. The molecule has 0 N–H and O–H groups in total. The SMILES string of the molecule is O=C(Oc1ccc(Cl)cc1Cl)c1ccc(Cl)cc1[N+](=O)[O-]. The average Bonchev–Trinajstić information content (AvgIpc) is 2.41. The number of nitro benzene ring substituents is 1. The highest BCUT2D eigenvalue weighted by atomic mass is 35.5. The molecule has 0 aliphatic heterocycles. The van der Waals surface area contributed by atoms with Gasteiger partial charge in [-0.2, -0.15) is 0 Å². The molecule has 0 saturated carbocycles. The van der Waals surface area contributed by atoms with Crippen LogP contribution in [0.15, 0.2) is 36.4 Å². The molecule has 0 unspecified atom stereocenters. The lowest BCUT2D eigenvalue weighted by atomic mass is 10.2.